The Morgan fingerprint density at radius 1 is 1.00 bits per heavy atom. The number of hydrogen-bond acceptors (Lipinski definition) is 3. The lowest BCUT2D eigenvalue weighted by atomic mass is 9.98. The molecule has 0 spiro atoms. The highest BCUT2D eigenvalue weighted by atomic mass is 16.5. The maximum atomic E-state index is 11.5. The Kier molecular flexibility index (Phi) is 1.99. The first-order chi connectivity index (χ1) is 5.68. The molecular weight excluding hydrogens is 170 g/mol. The van der Waals surface area contributed by atoms with Gasteiger partial charge in [0.25, 0.3) is 11.8 Å². The number of nitrogens with zero attached hydrogens (tertiary/aromatic N) is 1. The number of imide groups is 1. The molecule has 4 heteroatoms. The van der Waals surface area contributed by atoms with Crippen LogP contribution in [0.1, 0.15) is 27.7 Å². The van der Waals surface area contributed by atoms with E-state index in [0.29, 0.717) is 0 Å². The van der Waals surface area contributed by atoms with Gasteiger partial charge in [0.05, 0.1) is 0 Å². The van der Waals surface area contributed by atoms with Crippen LogP contribution in [0.15, 0.2) is 0 Å². The van der Waals surface area contributed by atoms with Crippen molar-refractivity contribution in [1.29, 1.82) is 0 Å². The van der Waals surface area contributed by atoms with Crippen LogP contribution in [0.4, 0.5) is 0 Å². The van der Waals surface area contributed by atoms with Crippen LogP contribution in [0.3, 0.4) is 0 Å². The molecule has 4 nitrogen and oxygen atoms in total. The van der Waals surface area contributed by atoms with Crippen molar-refractivity contribution in [3.05, 3.63) is 0 Å². The molecule has 0 aromatic carbocycles. The molecule has 0 radical (unpaired) electrons. The van der Waals surface area contributed by atoms with Gasteiger partial charge in [-0.05, 0) is 27.7 Å². The monoisotopic (exact) mass is 185 g/mol. The molecule has 0 saturated carbocycles. The molecule has 0 atom stereocenters. The minimum Gasteiger partial charge on any atom is -0.350 e. The first-order valence-electron chi connectivity index (χ1n) is 4.21. The topological polar surface area (TPSA) is 46.6 Å². The van der Waals surface area contributed by atoms with Gasteiger partial charge in [-0.25, -0.2) is 0 Å². The van der Waals surface area contributed by atoms with E-state index in [9.17, 15) is 9.59 Å². The van der Waals surface area contributed by atoms with E-state index in [1.54, 1.807) is 27.7 Å². The van der Waals surface area contributed by atoms with Crippen LogP contribution >= 0.6 is 0 Å². The fourth-order valence-electron chi connectivity index (χ4n) is 1.63. The van der Waals surface area contributed by atoms with Gasteiger partial charge in [0, 0.05) is 7.05 Å². The third-order valence-electron chi connectivity index (χ3n) is 2.15. The van der Waals surface area contributed by atoms with E-state index in [2.05, 4.69) is 0 Å². The Labute approximate surface area is 77.8 Å². The number of carbonyl (C=O) groups is 2. The van der Waals surface area contributed by atoms with Gasteiger partial charge in [-0.1, -0.05) is 0 Å². The number of rotatable bonds is 0. The largest absolute Gasteiger partial charge is 0.350 e. The summed E-state index contributed by atoms with van der Waals surface area (Å²) in [5.41, 5.74) is -1.82. The van der Waals surface area contributed by atoms with Crippen LogP contribution in [-0.4, -0.2) is 35.0 Å². The van der Waals surface area contributed by atoms with Gasteiger partial charge in [-0.15, -0.1) is 0 Å². The summed E-state index contributed by atoms with van der Waals surface area (Å²) in [4.78, 5) is 24.2. The number of amides is 2. The quantitative estimate of drug-likeness (QED) is 0.518. The van der Waals surface area contributed by atoms with Crippen molar-refractivity contribution in [2.24, 2.45) is 0 Å². The van der Waals surface area contributed by atoms with E-state index in [0.717, 1.165) is 4.90 Å². The highest BCUT2D eigenvalue weighted by Gasteiger charge is 2.49. The van der Waals surface area contributed by atoms with Crippen LogP contribution in [0.2, 0.25) is 0 Å². The Morgan fingerprint density at radius 2 is 1.31 bits per heavy atom. The van der Waals surface area contributed by atoms with Crippen LogP contribution in [-0.2, 0) is 14.3 Å². The van der Waals surface area contributed by atoms with E-state index in [1.165, 1.54) is 7.05 Å². The van der Waals surface area contributed by atoms with Gasteiger partial charge in [0.1, 0.15) is 11.2 Å². The minimum atomic E-state index is -0.911. The van der Waals surface area contributed by atoms with Crippen LogP contribution < -0.4 is 0 Å². The van der Waals surface area contributed by atoms with Crippen LogP contribution in [0.25, 0.3) is 0 Å². The highest BCUT2D eigenvalue weighted by molar-refractivity contribution is 6.04. The predicted octanol–water partition coefficient (Wildman–Crippen LogP) is 0.559. The third-order valence-corrected chi connectivity index (χ3v) is 2.15. The third kappa shape index (κ3) is 1.46. The van der Waals surface area contributed by atoms with Crippen molar-refractivity contribution in [3.63, 3.8) is 0 Å². The predicted molar refractivity (Wildman–Crippen MR) is 47.0 cm³/mol. The van der Waals surface area contributed by atoms with Crippen molar-refractivity contribution < 1.29 is 14.3 Å². The molecule has 1 saturated heterocycles. The standard InChI is InChI=1S/C9H15NO3/c1-8(2)6(11)10(5)7(12)9(3,4)13-8/h1-5H3. The molecule has 1 aliphatic rings. The van der Waals surface area contributed by atoms with Gasteiger partial charge in [-0.3, -0.25) is 14.5 Å². The van der Waals surface area contributed by atoms with Gasteiger partial charge in [0.2, 0.25) is 0 Å². The van der Waals surface area contributed by atoms with Crippen molar-refractivity contribution in [3.8, 4) is 0 Å². The molecule has 0 bridgehead atoms. The minimum absolute atomic E-state index is 0.295. The Balaban J connectivity index is 3.07. The zero-order valence-corrected chi connectivity index (χ0v) is 8.67. The lowest BCUT2D eigenvalue weighted by Gasteiger charge is -2.42. The Hall–Kier alpha value is -0.900. The Bertz CT molecular complexity index is 242. The van der Waals surface area contributed by atoms with E-state index >= 15 is 0 Å². The van der Waals surface area contributed by atoms with Gasteiger partial charge < -0.3 is 4.74 Å². The molecule has 0 unspecified atom stereocenters. The molecule has 1 aliphatic heterocycles. The molecule has 1 heterocycles. The van der Waals surface area contributed by atoms with Crippen LogP contribution in [0.5, 0.6) is 0 Å². The summed E-state index contributed by atoms with van der Waals surface area (Å²) in [6, 6.07) is 0. The second-order valence-corrected chi connectivity index (χ2v) is 4.29. The molecule has 2 amide bonds. The summed E-state index contributed by atoms with van der Waals surface area (Å²) in [5.74, 6) is -0.589. The molecule has 74 valence electrons. The summed E-state index contributed by atoms with van der Waals surface area (Å²) in [5, 5.41) is 0. The van der Waals surface area contributed by atoms with E-state index < -0.39 is 11.2 Å². The molecule has 0 N–H and O–H groups in total. The molecule has 0 aliphatic carbocycles. The zero-order chi connectivity index (χ0) is 10.4. The van der Waals surface area contributed by atoms with Crippen molar-refractivity contribution >= 4 is 11.8 Å². The zero-order valence-electron chi connectivity index (χ0n) is 8.67. The van der Waals surface area contributed by atoms with Crippen molar-refractivity contribution in [2.45, 2.75) is 38.9 Å². The summed E-state index contributed by atoms with van der Waals surface area (Å²) in [6.45, 7) is 6.67. The van der Waals surface area contributed by atoms with Gasteiger partial charge in [-0.2, -0.15) is 0 Å². The number of likely N-dealkylation sites (N-methyl/N-ethyl adjacent to an activating group) is 1. The van der Waals surface area contributed by atoms with E-state index in [4.69, 9.17) is 4.74 Å². The number of morpholine rings is 1. The summed E-state index contributed by atoms with van der Waals surface area (Å²) >= 11 is 0. The lowest BCUT2D eigenvalue weighted by molar-refractivity contribution is -0.202. The molecular formula is C9H15NO3. The summed E-state index contributed by atoms with van der Waals surface area (Å²) in [7, 11) is 1.48. The van der Waals surface area contributed by atoms with E-state index in [1.807, 2.05) is 0 Å². The molecule has 0 aromatic heterocycles. The molecule has 1 rings (SSSR count). The highest BCUT2D eigenvalue weighted by Crippen LogP contribution is 2.29. The fraction of sp³-hybridized carbons (Fsp3) is 0.778. The molecule has 1 fully saturated rings. The Morgan fingerprint density at radius 3 is 1.62 bits per heavy atom. The van der Waals surface area contributed by atoms with E-state index in [-0.39, 0.29) is 11.8 Å². The van der Waals surface area contributed by atoms with Crippen LogP contribution in [0, 0.1) is 0 Å². The first-order valence-corrected chi connectivity index (χ1v) is 4.21. The fourth-order valence-corrected chi connectivity index (χ4v) is 1.63. The maximum absolute atomic E-state index is 11.5. The maximum Gasteiger partial charge on any atom is 0.260 e. The molecule has 0 aromatic rings. The van der Waals surface area contributed by atoms with Crippen molar-refractivity contribution in [1.82, 2.24) is 4.90 Å². The summed E-state index contributed by atoms with van der Waals surface area (Å²) in [6.07, 6.45) is 0. The summed E-state index contributed by atoms with van der Waals surface area (Å²) < 4.78 is 5.42. The smallest absolute Gasteiger partial charge is 0.260 e. The van der Waals surface area contributed by atoms with Gasteiger partial charge >= 0.3 is 0 Å². The average molecular weight is 185 g/mol. The van der Waals surface area contributed by atoms with Crippen molar-refractivity contribution in [2.75, 3.05) is 7.05 Å². The first kappa shape index (κ1) is 10.2. The number of ether oxygens (including phenoxy) is 1. The van der Waals surface area contributed by atoms with Gasteiger partial charge in [0.15, 0.2) is 0 Å². The number of hydrogen-bond donors (Lipinski definition) is 0. The lowest BCUT2D eigenvalue weighted by Crippen LogP contribution is -2.62. The second-order valence-electron chi connectivity index (χ2n) is 4.29. The normalized spacial score (nSPS) is 26.4. The molecule has 13 heavy (non-hydrogen) atoms. The SMILES string of the molecule is CN1C(=O)C(C)(C)OC(C)(C)C1=O. The number of carbonyl (C=O) groups excluding carboxylic acids is 2. The second kappa shape index (κ2) is 2.54. The average Bonchev–Trinajstić information content (AvgIpc) is 1.96.